The van der Waals surface area contributed by atoms with Crippen LogP contribution in [0.1, 0.15) is 24.0 Å². The van der Waals surface area contributed by atoms with E-state index < -0.39 is 0 Å². The summed E-state index contributed by atoms with van der Waals surface area (Å²) in [6, 6.07) is 8.29. The minimum atomic E-state index is 0.135. The van der Waals surface area contributed by atoms with Gasteiger partial charge in [-0.3, -0.25) is 4.90 Å². The molecule has 1 aliphatic heterocycles. The van der Waals surface area contributed by atoms with Crippen LogP contribution in [0.15, 0.2) is 24.3 Å². The van der Waals surface area contributed by atoms with Gasteiger partial charge in [-0.15, -0.1) is 0 Å². The molecule has 0 radical (unpaired) electrons. The number of hydrogen-bond acceptors (Lipinski definition) is 3. The fourth-order valence-corrected chi connectivity index (χ4v) is 2.65. The summed E-state index contributed by atoms with van der Waals surface area (Å²) >= 11 is 0. The third-order valence-electron chi connectivity index (χ3n) is 3.81. The Balaban J connectivity index is 1.80. The Labute approximate surface area is 110 Å². The Morgan fingerprint density at radius 3 is 2.33 bits per heavy atom. The van der Waals surface area contributed by atoms with Crippen LogP contribution in [0, 0.1) is 5.92 Å². The molecule has 0 atom stereocenters. The first-order valence-corrected chi connectivity index (χ1v) is 6.87. The molecule has 0 aliphatic carbocycles. The van der Waals surface area contributed by atoms with Gasteiger partial charge in [-0.05, 0) is 56.6 Å². The van der Waals surface area contributed by atoms with Crippen LogP contribution in [0.4, 0.5) is 0 Å². The van der Waals surface area contributed by atoms with E-state index in [0.29, 0.717) is 0 Å². The van der Waals surface area contributed by atoms with Gasteiger partial charge >= 0.3 is 0 Å². The van der Waals surface area contributed by atoms with Crippen LogP contribution in [0.2, 0.25) is 0 Å². The van der Waals surface area contributed by atoms with Gasteiger partial charge in [-0.2, -0.15) is 0 Å². The zero-order valence-corrected chi connectivity index (χ0v) is 11.2. The van der Waals surface area contributed by atoms with E-state index in [1.807, 2.05) is 19.2 Å². The summed E-state index contributed by atoms with van der Waals surface area (Å²) in [5.74, 6) is 0.850. The number of hydrogen-bond donors (Lipinski definition) is 2. The van der Waals surface area contributed by atoms with Crippen LogP contribution in [-0.2, 0) is 13.2 Å². The van der Waals surface area contributed by atoms with E-state index in [1.165, 1.54) is 31.5 Å². The lowest BCUT2D eigenvalue weighted by molar-refractivity contribution is 0.177. The Morgan fingerprint density at radius 1 is 1.17 bits per heavy atom. The lowest BCUT2D eigenvalue weighted by Gasteiger charge is -2.31. The Bertz CT molecular complexity index is 342. The van der Waals surface area contributed by atoms with Crippen molar-refractivity contribution in [3.8, 4) is 0 Å². The average molecular weight is 248 g/mol. The van der Waals surface area contributed by atoms with Crippen molar-refractivity contribution in [1.82, 2.24) is 10.2 Å². The lowest BCUT2D eigenvalue weighted by Crippen LogP contribution is -2.36. The summed E-state index contributed by atoms with van der Waals surface area (Å²) in [4.78, 5) is 2.53. The molecule has 100 valence electrons. The van der Waals surface area contributed by atoms with Crippen molar-refractivity contribution in [2.75, 3.05) is 26.7 Å². The van der Waals surface area contributed by atoms with Crippen molar-refractivity contribution in [1.29, 1.82) is 0 Å². The molecule has 0 unspecified atom stereocenters. The number of benzene rings is 1. The number of likely N-dealkylation sites (tertiary alicyclic amines) is 1. The topological polar surface area (TPSA) is 35.5 Å². The van der Waals surface area contributed by atoms with E-state index in [4.69, 9.17) is 5.11 Å². The van der Waals surface area contributed by atoms with Crippen molar-refractivity contribution in [3.05, 3.63) is 35.4 Å². The second kappa shape index (κ2) is 6.88. The highest BCUT2D eigenvalue weighted by Gasteiger charge is 2.18. The molecule has 0 aromatic heterocycles. The fourth-order valence-electron chi connectivity index (χ4n) is 2.65. The van der Waals surface area contributed by atoms with Crippen molar-refractivity contribution < 1.29 is 5.11 Å². The van der Waals surface area contributed by atoms with Crippen molar-refractivity contribution in [2.24, 2.45) is 5.92 Å². The molecule has 18 heavy (non-hydrogen) atoms. The largest absolute Gasteiger partial charge is 0.392 e. The molecule has 0 amide bonds. The monoisotopic (exact) mass is 248 g/mol. The lowest BCUT2D eigenvalue weighted by atomic mass is 9.96. The van der Waals surface area contributed by atoms with E-state index >= 15 is 0 Å². The van der Waals surface area contributed by atoms with E-state index in [9.17, 15) is 0 Å². The molecular formula is C15H24N2O. The van der Waals surface area contributed by atoms with Gasteiger partial charge in [0.15, 0.2) is 0 Å². The molecule has 3 nitrogen and oxygen atoms in total. The summed E-state index contributed by atoms with van der Waals surface area (Å²) in [6.07, 6.45) is 2.60. The highest BCUT2D eigenvalue weighted by molar-refractivity contribution is 5.21. The van der Waals surface area contributed by atoms with E-state index in [-0.39, 0.29) is 6.61 Å². The number of aliphatic hydroxyl groups excluding tert-OH is 1. The number of rotatable bonds is 5. The average Bonchev–Trinajstić information content (AvgIpc) is 2.42. The predicted molar refractivity (Wildman–Crippen MR) is 74.3 cm³/mol. The molecule has 0 bridgehead atoms. The van der Waals surface area contributed by atoms with Crippen molar-refractivity contribution in [3.63, 3.8) is 0 Å². The van der Waals surface area contributed by atoms with Crippen LogP contribution in [0.25, 0.3) is 0 Å². The highest BCUT2D eigenvalue weighted by Crippen LogP contribution is 2.18. The molecule has 3 heteroatoms. The fraction of sp³-hybridized carbons (Fsp3) is 0.600. The molecular weight excluding hydrogens is 224 g/mol. The zero-order chi connectivity index (χ0) is 12.8. The molecule has 2 N–H and O–H groups in total. The van der Waals surface area contributed by atoms with E-state index in [2.05, 4.69) is 22.3 Å². The summed E-state index contributed by atoms with van der Waals surface area (Å²) in [6.45, 7) is 4.73. The van der Waals surface area contributed by atoms with Crippen LogP contribution in [-0.4, -0.2) is 36.7 Å². The SMILES string of the molecule is CNCC1CCN(Cc2ccc(CO)cc2)CC1. The number of aliphatic hydroxyl groups is 1. The van der Waals surface area contributed by atoms with E-state index in [1.54, 1.807) is 0 Å². The normalized spacial score (nSPS) is 18.1. The third-order valence-corrected chi connectivity index (χ3v) is 3.81. The Kier molecular flexibility index (Phi) is 5.17. The van der Waals surface area contributed by atoms with Gasteiger partial charge in [0.2, 0.25) is 0 Å². The highest BCUT2D eigenvalue weighted by atomic mass is 16.3. The first kappa shape index (κ1) is 13.5. The van der Waals surface area contributed by atoms with Gasteiger partial charge in [0.25, 0.3) is 0 Å². The van der Waals surface area contributed by atoms with Crippen LogP contribution >= 0.6 is 0 Å². The van der Waals surface area contributed by atoms with Gasteiger partial charge in [0, 0.05) is 6.54 Å². The second-order valence-corrected chi connectivity index (χ2v) is 5.25. The van der Waals surface area contributed by atoms with Crippen molar-refractivity contribution in [2.45, 2.75) is 26.0 Å². The minimum Gasteiger partial charge on any atom is -0.392 e. The number of nitrogens with one attached hydrogen (secondary N) is 1. The molecule has 1 aromatic carbocycles. The maximum absolute atomic E-state index is 9.01. The second-order valence-electron chi connectivity index (χ2n) is 5.25. The molecule has 1 fully saturated rings. The molecule has 1 aliphatic rings. The van der Waals surface area contributed by atoms with Gasteiger partial charge in [-0.1, -0.05) is 24.3 Å². The van der Waals surface area contributed by atoms with Gasteiger partial charge in [0.1, 0.15) is 0 Å². The minimum absolute atomic E-state index is 0.135. The standard InChI is InChI=1S/C15H24N2O/c1-16-10-13-6-8-17(9-7-13)11-14-2-4-15(12-18)5-3-14/h2-5,13,16,18H,6-12H2,1H3. The van der Waals surface area contributed by atoms with Crippen LogP contribution in [0.5, 0.6) is 0 Å². The predicted octanol–water partition coefficient (Wildman–Crippen LogP) is 1.61. The molecule has 1 aromatic rings. The van der Waals surface area contributed by atoms with Crippen LogP contribution < -0.4 is 5.32 Å². The summed E-state index contributed by atoms with van der Waals surface area (Å²) in [5.41, 5.74) is 2.34. The van der Waals surface area contributed by atoms with Crippen molar-refractivity contribution >= 4 is 0 Å². The van der Waals surface area contributed by atoms with E-state index in [0.717, 1.165) is 24.6 Å². The van der Waals surface area contributed by atoms with Crippen LogP contribution in [0.3, 0.4) is 0 Å². The maximum atomic E-state index is 9.01. The van der Waals surface area contributed by atoms with Gasteiger partial charge < -0.3 is 10.4 Å². The maximum Gasteiger partial charge on any atom is 0.0681 e. The summed E-state index contributed by atoms with van der Waals surface area (Å²) in [7, 11) is 2.04. The third kappa shape index (κ3) is 3.80. The number of nitrogens with zero attached hydrogens (tertiary/aromatic N) is 1. The molecule has 1 saturated heterocycles. The first-order chi connectivity index (χ1) is 8.81. The molecule has 0 saturated carbocycles. The molecule has 2 rings (SSSR count). The smallest absolute Gasteiger partial charge is 0.0681 e. The zero-order valence-electron chi connectivity index (χ0n) is 11.2. The van der Waals surface area contributed by atoms with Gasteiger partial charge in [-0.25, -0.2) is 0 Å². The summed E-state index contributed by atoms with van der Waals surface area (Å²) < 4.78 is 0. The molecule has 0 spiro atoms. The quantitative estimate of drug-likeness (QED) is 0.831. The number of piperidine rings is 1. The van der Waals surface area contributed by atoms with Gasteiger partial charge in [0.05, 0.1) is 6.61 Å². The molecule has 1 heterocycles. The Hall–Kier alpha value is -0.900. The summed E-state index contributed by atoms with van der Waals surface area (Å²) in [5, 5.41) is 12.3. The first-order valence-electron chi connectivity index (χ1n) is 6.87. The Morgan fingerprint density at radius 2 is 1.78 bits per heavy atom.